The van der Waals surface area contributed by atoms with Gasteiger partial charge >= 0.3 is 5.97 Å². The fourth-order valence-corrected chi connectivity index (χ4v) is 1.56. The van der Waals surface area contributed by atoms with Crippen LogP contribution in [0, 0.1) is 0 Å². The minimum atomic E-state index is -2.46. The number of rotatable bonds is 6. The molecule has 1 aromatic carbocycles. The first-order valence-electron chi connectivity index (χ1n) is 4.74. The quantitative estimate of drug-likeness (QED) is 0.640. The van der Waals surface area contributed by atoms with Gasteiger partial charge in [-0.05, 0) is 24.1 Å². The minimum absolute atomic E-state index is 0.0687. The summed E-state index contributed by atoms with van der Waals surface area (Å²) < 4.78 is 20.7. The molecule has 0 aliphatic heterocycles. The number of nitrogens with one attached hydrogen (secondary N) is 1. The van der Waals surface area contributed by atoms with E-state index in [0.29, 0.717) is 12.1 Å². The number of anilines is 1. The van der Waals surface area contributed by atoms with Crippen LogP contribution in [0.3, 0.4) is 0 Å². The molecule has 1 aromatic rings. The first-order chi connectivity index (χ1) is 7.58. The molecule has 0 heterocycles. The van der Waals surface area contributed by atoms with E-state index in [-0.39, 0.29) is 12.3 Å². The summed E-state index contributed by atoms with van der Waals surface area (Å²) in [4.78, 5) is 10.4. The molecule has 0 saturated carbocycles. The van der Waals surface area contributed by atoms with Crippen LogP contribution < -0.4 is 5.32 Å². The smallest absolute Gasteiger partial charge is 0.303 e. The van der Waals surface area contributed by atoms with Crippen LogP contribution in [0.15, 0.2) is 24.3 Å². The summed E-state index contributed by atoms with van der Waals surface area (Å²) in [5.41, 5.74) is 1.55. The lowest BCUT2D eigenvalue weighted by Gasteiger charge is -2.04. The molecule has 0 aliphatic carbocycles. The summed E-state index contributed by atoms with van der Waals surface area (Å²) in [5.74, 6) is -0.960. The van der Waals surface area contributed by atoms with Gasteiger partial charge in [0.1, 0.15) is 5.88 Å². The maximum Gasteiger partial charge on any atom is 0.303 e. The molecule has 0 atom stereocenters. The molecule has 0 amide bonds. The van der Waals surface area contributed by atoms with Gasteiger partial charge in [-0.3, -0.25) is 4.79 Å². The molecule has 16 heavy (non-hydrogen) atoms. The zero-order valence-electron chi connectivity index (χ0n) is 8.55. The van der Waals surface area contributed by atoms with Gasteiger partial charge in [-0.25, -0.2) is 8.42 Å². The highest BCUT2D eigenvalue weighted by Crippen LogP contribution is 2.11. The van der Waals surface area contributed by atoms with Crippen molar-refractivity contribution in [3.8, 4) is 0 Å². The maximum atomic E-state index is 10.4. The molecule has 0 unspecified atom stereocenters. The number of carboxylic acids is 1. The Morgan fingerprint density at radius 1 is 1.38 bits per heavy atom. The van der Waals surface area contributed by atoms with Crippen LogP contribution in [-0.4, -0.2) is 25.4 Å². The molecule has 6 heteroatoms. The lowest BCUT2D eigenvalue weighted by Crippen LogP contribution is -2.03. The summed E-state index contributed by atoms with van der Waals surface area (Å²) in [5, 5.41) is 11.3. The molecular formula is C10H13NO4S. The Balaban J connectivity index is 2.59. The number of thiol groups is 1. The number of aryl methyl sites for hydroxylation is 1. The zero-order valence-corrected chi connectivity index (χ0v) is 9.44. The molecule has 1 rings (SSSR count). The van der Waals surface area contributed by atoms with E-state index < -0.39 is 16.7 Å². The van der Waals surface area contributed by atoms with Crippen LogP contribution in [-0.2, 0) is 21.9 Å². The fourth-order valence-electron chi connectivity index (χ4n) is 1.24. The van der Waals surface area contributed by atoms with E-state index in [1.165, 1.54) is 0 Å². The number of carboxylic acid groups (broad SMARTS) is 1. The van der Waals surface area contributed by atoms with Gasteiger partial charge < -0.3 is 10.4 Å². The standard InChI is InChI=1S/C10H13NO4S/c12-10(13)5-4-8-2-1-3-9(6-8)11-7-16(14)15/h1-3,6,11,16H,4-5,7H2,(H,12,13). The molecule has 0 aromatic heterocycles. The Bertz CT molecular complexity index is 434. The van der Waals surface area contributed by atoms with Gasteiger partial charge in [0.05, 0.1) is 0 Å². The molecule has 2 N–H and O–H groups in total. The summed E-state index contributed by atoms with van der Waals surface area (Å²) in [7, 11) is -2.46. The molecule has 5 nitrogen and oxygen atoms in total. The molecule has 0 saturated heterocycles. The van der Waals surface area contributed by atoms with Gasteiger partial charge in [0, 0.05) is 12.1 Å². The van der Waals surface area contributed by atoms with E-state index in [1.54, 1.807) is 18.2 Å². The maximum absolute atomic E-state index is 10.4. The first kappa shape index (κ1) is 12.5. The number of carbonyl (C=O) groups is 1. The highest BCUT2D eigenvalue weighted by atomic mass is 32.2. The Hall–Kier alpha value is -1.56. The first-order valence-corrected chi connectivity index (χ1v) is 6.10. The number of hydrogen-bond acceptors (Lipinski definition) is 4. The Kier molecular flexibility index (Phi) is 4.78. The minimum Gasteiger partial charge on any atom is -0.481 e. The predicted molar refractivity (Wildman–Crippen MR) is 61.2 cm³/mol. The molecular weight excluding hydrogens is 230 g/mol. The summed E-state index contributed by atoms with van der Waals surface area (Å²) in [6.07, 6.45) is 0.508. The van der Waals surface area contributed by atoms with E-state index in [9.17, 15) is 13.2 Å². The van der Waals surface area contributed by atoms with Crippen molar-refractivity contribution in [3.05, 3.63) is 29.8 Å². The van der Waals surface area contributed by atoms with Crippen LogP contribution in [0.5, 0.6) is 0 Å². The molecule has 88 valence electrons. The van der Waals surface area contributed by atoms with Gasteiger partial charge in [-0.2, -0.15) is 0 Å². The highest BCUT2D eigenvalue weighted by molar-refractivity contribution is 7.72. The van der Waals surface area contributed by atoms with E-state index in [1.807, 2.05) is 6.07 Å². The largest absolute Gasteiger partial charge is 0.481 e. The highest BCUT2D eigenvalue weighted by Gasteiger charge is 2.00. The van der Waals surface area contributed by atoms with E-state index in [4.69, 9.17) is 5.11 Å². The van der Waals surface area contributed by atoms with Crippen LogP contribution in [0.2, 0.25) is 0 Å². The van der Waals surface area contributed by atoms with Crippen LogP contribution >= 0.6 is 0 Å². The van der Waals surface area contributed by atoms with E-state index in [0.717, 1.165) is 5.56 Å². The molecule has 0 fully saturated rings. The van der Waals surface area contributed by atoms with Gasteiger partial charge in [0.25, 0.3) is 0 Å². The second-order valence-electron chi connectivity index (χ2n) is 3.26. The zero-order chi connectivity index (χ0) is 12.0. The van der Waals surface area contributed by atoms with Crippen molar-refractivity contribution in [2.75, 3.05) is 11.2 Å². The van der Waals surface area contributed by atoms with Crippen LogP contribution in [0.1, 0.15) is 12.0 Å². The molecule has 0 radical (unpaired) electrons. The molecule has 0 aliphatic rings. The van der Waals surface area contributed by atoms with Crippen LogP contribution in [0.25, 0.3) is 0 Å². The third-order valence-corrected chi connectivity index (χ3v) is 2.38. The van der Waals surface area contributed by atoms with Crippen molar-refractivity contribution in [1.82, 2.24) is 0 Å². The van der Waals surface area contributed by atoms with Crippen molar-refractivity contribution < 1.29 is 18.3 Å². The van der Waals surface area contributed by atoms with Crippen LogP contribution in [0.4, 0.5) is 5.69 Å². The SMILES string of the molecule is O=C(O)CCc1cccc(NC[SH](=O)=O)c1. The number of aliphatic carboxylic acids is 1. The Labute approximate surface area is 95.1 Å². The van der Waals surface area contributed by atoms with Gasteiger partial charge in [0.2, 0.25) is 0 Å². The lowest BCUT2D eigenvalue weighted by atomic mass is 10.1. The van der Waals surface area contributed by atoms with Crippen molar-refractivity contribution in [3.63, 3.8) is 0 Å². The van der Waals surface area contributed by atoms with E-state index in [2.05, 4.69) is 5.32 Å². The lowest BCUT2D eigenvalue weighted by molar-refractivity contribution is -0.136. The van der Waals surface area contributed by atoms with Crippen molar-refractivity contribution in [2.24, 2.45) is 0 Å². The van der Waals surface area contributed by atoms with Gasteiger partial charge in [-0.1, -0.05) is 12.1 Å². The third kappa shape index (κ3) is 4.79. The number of benzene rings is 1. The van der Waals surface area contributed by atoms with Crippen molar-refractivity contribution in [1.29, 1.82) is 0 Å². The summed E-state index contributed by atoms with van der Waals surface area (Å²) >= 11 is 0. The average molecular weight is 243 g/mol. The Morgan fingerprint density at radius 2 is 2.12 bits per heavy atom. The second kappa shape index (κ2) is 6.12. The number of hydrogen-bond donors (Lipinski definition) is 3. The summed E-state index contributed by atoms with van der Waals surface area (Å²) in [6, 6.07) is 7.06. The normalized spacial score (nSPS) is 10.3. The fraction of sp³-hybridized carbons (Fsp3) is 0.300. The topological polar surface area (TPSA) is 83.5 Å². The van der Waals surface area contributed by atoms with Crippen molar-refractivity contribution in [2.45, 2.75) is 12.8 Å². The average Bonchev–Trinajstić information content (AvgIpc) is 2.24. The third-order valence-electron chi connectivity index (χ3n) is 1.97. The van der Waals surface area contributed by atoms with Crippen molar-refractivity contribution >= 4 is 22.4 Å². The second-order valence-corrected chi connectivity index (χ2v) is 4.24. The van der Waals surface area contributed by atoms with Gasteiger partial charge in [0.15, 0.2) is 10.7 Å². The monoisotopic (exact) mass is 243 g/mol. The molecule has 0 bridgehead atoms. The molecule has 0 spiro atoms. The predicted octanol–water partition coefficient (Wildman–Crippen LogP) is 0.685. The van der Waals surface area contributed by atoms with E-state index >= 15 is 0 Å². The van der Waals surface area contributed by atoms with Gasteiger partial charge in [-0.15, -0.1) is 0 Å². The summed E-state index contributed by atoms with van der Waals surface area (Å²) in [6.45, 7) is 0. The Morgan fingerprint density at radius 3 is 2.75 bits per heavy atom.